The summed E-state index contributed by atoms with van der Waals surface area (Å²) in [5.74, 6) is 0.581. The molecule has 0 radical (unpaired) electrons. The SMILES string of the molecule is CCCNCC(C)Cn1cc(Cl)cn1. The zero-order chi connectivity index (χ0) is 10.4. The summed E-state index contributed by atoms with van der Waals surface area (Å²) < 4.78 is 1.89. The largest absolute Gasteiger partial charge is 0.316 e. The van der Waals surface area contributed by atoms with Crippen LogP contribution in [0, 0.1) is 5.92 Å². The number of hydrogen-bond donors (Lipinski definition) is 1. The van der Waals surface area contributed by atoms with E-state index in [1.165, 1.54) is 6.42 Å². The topological polar surface area (TPSA) is 29.9 Å². The smallest absolute Gasteiger partial charge is 0.0785 e. The molecule has 0 aliphatic carbocycles. The Kier molecular flexibility index (Phi) is 4.98. The third-order valence-electron chi connectivity index (χ3n) is 2.02. The molecule has 1 rings (SSSR count). The summed E-state index contributed by atoms with van der Waals surface area (Å²) >= 11 is 5.77. The second kappa shape index (κ2) is 6.04. The quantitative estimate of drug-likeness (QED) is 0.738. The van der Waals surface area contributed by atoms with Gasteiger partial charge in [0.05, 0.1) is 11.2 Å². The molecule has 1 unspecified atom stereocenters. The highest BCUT2D eigenvalue weighted by atomic mass is 35.5. The van der Waals surface area contributed by atoms with E-state index in [9.17, 15) is 0 Å². The molecule has 0 saturated carbocycles. The molecule has 0 amide bonds. The molecule has 0 fully saturated rings. The summed E-state index contributed by atoms with van der Waals surface area (Å²) in [6.07, 6.45) is 4.71. The molecule has 1 aromatic heterocycles. The van der Waals surface area contributed by atoms with Gasteiger partial charge in [-0.3, -0.25) is 4.68 Å². The van der Waals surface area contributed by atoms with Crippen LogP contribution in [-0.2, 0) is 6.54 Å². The van der Waals surface area contributed by atoms with Crippen LogP contribution in [0.15, 0.2) is 12.4 Å². The minimum atomic E-state index is 0.581. The van der Waals surface area contributed by atoms with Crippen molar-refractivity contribution in [2.24, 2.45) is 5.92 Å². The van der Waals surface area contributed by atoms with Crippen LogP contribution in [0.1, 0.15) is 20.3 Å². The Morgan fingerprint density at radius 3 is 3.00 bits per heavy atom. The van der Waals surface area contributed by atoms with Gasteiger partial charge in [0, 0.05) is 12.7 Å². The minimum Gasteiger partial charge on any atom is -0.316 e. The van der Waals surface area contributed by atoms with Gasteiger partial charge in [-0.05, 0) is 25.4 Å². The average Bonchev–Trinajstić information content (AvgIpc) is 2.52. The van der Waals surface area contributed by atoms with E-state index in [1.807, 2.05) is 10.9 Å². The number of rotatable bonds is 6. The molecule has 0 spiro atoms. The van der Waals surface area contributed by atoms with Crippen LogP contribution < -0.4 is 5.32 Å². The van der Waals surface area contributed by atoms with E-state index >= 15 is 0 Å². The maximum atomic E-state index is 5.77. The molecule has 0 saturated heterocycles. The Bertz CT molecular complexity index is 260. The molecule has 0 aromatic carbocycles. The first-order chi connectivity index (χ1) is 6.72. The molecule has 1 aromatic rings. The van der Waals surface area contributed by atoms with E-state index < -0.39 is 0 Å². The summed E-state index contributed by atoms with van der Waals surface area (Å²) in [7, 11) is 0. The van der Waals surface area contributed by atoms with Crippen molar-refractivity contribution in [3.05, 3.63) is 17.4 Å². The fraction of sp³-hybridized carbons (Fsp3) is 0.700. The fourth-order valence-electron chi connectivity index (χ4n) is 1.35. The van der Waals surface area contributed by atoms with Gasteiger partial charge in [-0.15, -0.1) is 0 Å². The van der Waals surface area contributed by atoms with Crippen molar-refractivity contribution in [1.29, 1.82) is 0 Å². The lowest BCUT2D eigenvalue weighted by molar-refractivity contribution is 0.423. The Morgan fingerprint density at radius 1 is 1.64 bits per heavy atom. The van der Waals surface area contributed by atoms with Crippen molar-refractivity contribution in [1.82, 2.24) is 15.1 Å². The summed E-state index contributed by atoms with van der Waals surface area (Å²) in [5, 5.41) is 8.24. The van der Waals surface area contributed by atoms with Gasteiger partial charge in [0.2, 0.25) is 0 Å². The maximum absolute atomic E-state index is 5.77. The van der Waals surface area contributed by atoms with Crippen LogP contribution >= 0.6 is 11.6 Å². The molecule has 0 bridgehead atoms. The first-order valence-corrected chi connectivity index (χ1v) is 5.48. The second-order valence-electron chi connectivity index (χ2n) is 3.69. The zero-order valence-corrected chi connectivity index (χ0v) is 9.59. The molecular weight excluding hydrogens is 198 g/mol. The monoisotopic (exact) mass is 215 g/mol. The Balaban J connectivity index is 2.23. The third kappa shape index (κ3) is 4.11. The standard InChI is InChI=1S/C10H18ClN3/c1-3-4-12-5-9(2)7-14-8-10(11)6-13-14/h6,8-9,12H,3-5,7H2,1-2H3. The Hall–Kier alpha value is -0.540. The predicted molar refractivity (Wildman–Crippen MR) is 59.6 cm³/mol. The van der Waals surface area contributed by atoms with E-state index in [1.54, 1.807) is 6.20 Å². The van der Waals surface area contributed by atoms with Gasteiger partial charge in [0.1, 0.15) is 0 Å². The van der Waals surface area contributed by atoms with E-state index in [0.29, 0.717) is 10.9 Å². The molecule has 1 N–H and O–H groups in total. The van der Waals surface area contributed by atoms with Crippen LogP contribution in [0.5, 0.6) is 0 Å². The maximum Gasteiger partial charge on any atom is 0.0785 e. The van der Waals surface area contributed by atoms with E-state index in [-0.39, 0.29) is 0 Å². The van der Waals surface area contributed by atoms with E-state index in [2.05, 4.69) is 24.3 Å². The summed E-state index contributed by atoms with van der Waals surface area (Å²) in [6.45, 7) is 7.42. The summed E-state index contributed by atoms with van der Waals surface area (Å²) in [6, 6.07) is 0. The second-order valence-corrected chi connectivity index (χ2v) is 4.13. The lowest BCUT2D eigenvalue weighted by Crippen LogP contribution is -2.24. The minimum absolute atomic E-state index is 0.581. The lowest BCUT2D eigenvalue weighted by atomic mass is 10.2. The van der Waals surface area contributed by atoms with Crippen molar-refractivity contribution >= 4 is 11.6 Å². The van der Waals surface area contributed by atoms with Crippen LogP contribution in [0.4, 0.5) is 0 Å². The van der Waals surface area contributed by atoms with Crippen molar-refractivity contribution in [3.8, 4) is 0 Å². The van der Waals surface area contributed by atoms with E-state index in [4.69, 9.17) is 11.6 Å². The average molecular weight is 216 g/mol. The van der Waals surface area contributed by atoms with Gasteiger partial charge in [-0.2, -0.15) is 5.10 Å². The molecular formula is C10H18ClN3. The highest BCUT2D eigenvalue weighted by Crippen LogP contribution is 2.06. The Morgan fingerprint density at radius 2 is 2.43 bits per heavy atom. The number of hydrogen-bond acceptors (Lipinski definition) is 2. The number of nitrogens with zero attached hydrogens (tertiary/aromatic N) is 2. The van der Waals surface area contributed by atoms with E-state index in [0.717, 1.165) is 19.6 Å². The highest BCUT2D eigenvalue weighted by molar-refractivity contribution is 6.30. The van der Waals surface area contributed by atoms with Crippen molar-refractivity contribution in [2.45, 2.75) is 26.8 Å². The molecule has 4 heteroatoms. The van der Waals surface area contributed by atoms with Gasteiger partial charge in [-0.1, -0.05) is 25.4 Å². The van der Waals surface area contributed by atoms with Crippen LogP contribution in [-0.4, -0.2) is 22.9 Å². The van der Waals surface area contributed by atoms with Crippen LogP contribution in [0.2, 0.25) is 5.02 Å². The normalized spacial score (nSPS) is 13.1. The van der Waals surface area contributed by atoms with Gasteiger partial charge < -0.3 is 5.32 Å². The van der Waals surface area contributed by atoms with Gasteiger partial charge in [-0.25, -0.2) is 0 Å². The van der Waals surface area contributed by atoms with Crippen molar-refractivity contribution < 1.29 is 0 Å². The first kappa shape index (κ1) is 11.5. The third-order valence-corrected chi connectivity index (χ3v) is 2.22. The zero-order valence-electron chi connectivity index (χ0n) is 8.83. The summed E-state index contributed by atoms with van der Waals surface area (Å²) in [5.41, 5.74) is 0. The van der Waals surface area contributed by atoms with Gasteiger partial charge in [0.15, 0.2) is 0 Å². The van der Waals surface area contributed by atoms with Crippen LogP contribution in [0.3, 0.4) is 0 Å². The molecule has 14 heavy (non-hydrogen) atoms. The number of aromatic nitrogens is 2. The highest BCUT2D eigenvalue weighted by Gasteiger charge is 2.03. The Labute approximate surface area is 90.4 Å². The molecule has 1 atom stereocenters. The lowest BCUT2D eigenvalue weighted by Gasteiger charge is -2.11. The molecule has 3 nitrogen and oxygen atoms in total. The molecule has 0 aliphatic rings. The first-order valence-electron chi connectivity index (χ1n) is 5.11. The number of halogens is 1. The molecule has 80 valence electrons. The van der Waals surface area contributed by atoms with Gasteiger partial charge in [0.25, 0.3) is 0 Å². The predicted octanol–water partition coefficient (Wildman–Crippen LogP) is 2.17. The van der Waals surface area contributed by atoms with Gasteiger partial charge >= 0.3 is 0 Å². The molecule has 0 aliphatic heterocycles. The fourth-order valence-corrected chi connectivity index (χ4v) is 1.50. The van der Waals surface area contributed by atoms with Crippen LogP contribution in [0.25, 0.3) is 0 Å². The molecule has 1 heterocycles. The van der Waals surface area contributed by atoms with Crippen molar-refractivity contribution in [3.63, 3.8) is 0 Å². The van der Waals surface area contributed by atoms with Crippen molar-refractivity contribution in [2.75, 3.05) is 13.1 Å². The summed E-state index contributed by atoms with van der Waals surface area (Å²) in [4.78, 5) is 0. The number of nitrogens with one attached hydrogen (secondary N) is 1.